The number of H-pyrrole nitrogens is 1. The van der Waals surface area contributed by atoms with Gasteiger partial charge in [-0.1, -0.05) is 12.1 Å². The molecular weight excluding hydrogens is 378 g/mol. The minimum absolute atomic E-state index is 0.341. The number of hydrogen-bond donors (Lipinski definition) is 2. The van der Waals surface area contributed by atoms with Crippen molar-refractivity contribution in [1.82, 2.24) is 15.6 Å². The number of amides is 1. The van der Waals surface area contributed by atoms with Gasteiger partial charge in [0, 0.05) is 24.3 Å². The minimum Gasteiger partial charge on any atom is -0.494 e. The molecule has 3 aromatic rings. The van der Waals surface area contributed by atoms with Crippen molar-refractivity contribution in [1.29, 1.82) is 0 Å². The van der Waals surface area contributed by atoms with Crippen LogP contribution in [0.25, 0.3) is 11.3 Å². The number of carbonyl (C=O) groups excluding carboxylic acids is 1. The third kappa shape index (κ3) is 5.26. The second kappa shape index (κ2) is 10.2. The van der Waals surface area contributed by atoms with Crippen molar-refractivity contribution in [2.24, 2.45) is 5.10 Å². The minimum atomic E-state index is -0.351. The van der Waals surface area contributed by atoms with E-state index in [0.717, 1.165) is 30.0 Å². The van der Waals surface area contributed by atoms with Gasteiger partial charge in [0.05, 0.1) is 18.5 Å². The highest BCUT2D eigenvalue weighted by Crippen LogP contribution is 2.21. The van der Waals surface area contributed by atoms with Crippen LogP contribution in [0.2, 0.25) is 0 Å². The highest BCUT2D eigenvalue weighted by molar-refractivity contribution is 5.94. The van der Waals surface area contributed by atoms with E-state index in [9.17, 15) is 4.79 Å². The number of nitrogens with zero attached hydrogens (tertiary/aromatic N) is 3. The molecule has 7 heteroatoms. The van der Waals surface area contributed by atoms with Crippen molar-refractivity contribution >= 4 is 17.8 Å². The smallest absolute Gasteiger partial charge is 0.289 e. The number of ether oxygens (including phenoxy) is 1. The summed E-state index contributed by atoms with van der Waals surface area (Å²) in [6, 6.07) is 17.3. The zero-order chi connectivity index (χ0) is 21.3. The average Bonchev–Trinajstić information content (AvgIpc) is 3.27. The summed E-state index contributed by atoms with van der Waals surface area (Å²) in [5, 5.41) is 11.0. The number of carbonyl (C=O) groups is 1. The summed E-state index contributed by atoms with van der Waals surface area (Å²) >= 11 is 0. The van der Waals surface area contributed by atoms with Crippen molar-refractivity contribution in [3.8, 4) is 17.0 Å². The van der Waals surface area contributed by atoms with Crippen LogP contribution in [0.1, 0.15) is 36.8 Å². The number of nitrogens with one attached hydrogen (secondary N) is 2. The molecule has 2 aromatic carbocycles. The summed E-state index contributed by atoms with van der Waals surface area (Å²) in [5.41, 5.74) is 6.52. The fourth-order valence-electron chi connectivity index (χ4n) is 3.06. The molecule has 0 saturated carbocycles. The maximum absolute atomic E-state index is 12.3. The van der Waals surface area contributed by atoms with Gasteiger partial charge >= 0.3 is 0 Å². The first-order valence-electron chi connectivity index (χ1n) is 10.1. The molecule has 0 atom stereocenters. The maximum Gasteiger partial charge on any atom is 0.289 e. The average molecular weight is 406 g/mol. The van der Waals surface area contributed by atoms with E-state index < -0.39 is 0 Å². The summed E-state index contributed by atoms with van der Waals surface area (Å²) in [4.78, 5) is 14.6. The van der Waals surface area contributed by atoms with E-state index >= 15 is 0 Å². The summed E-state index contributed by atoms with van der Waals surface area (Å²) < 4.78 is 5.44. The highest BCUT2D eigenvalue weighted by Gasteiger charge is 2.10. The fourth-order valence-corrected chi connectivity index (χ4v) is 3.06. The molecule has 0 bridgehead atoms. The molecule has 0 fully saturated rings. The molecular formula is C23H27N5O2. The van der Waals surface area contributed by atoms with E-state index in [4.69, 9.17) is 4.74 Å². The summed E-state index contributed by atoms with van der Waals surface area (Å²) in [6.07, 6.45) is 1.62. The molecule has 1 amide bonds. The second-order valence-electron chi connectivity index (χ2n) is 6.59. The predicted molar refractivity (Wildman–Crippen MR) is 120 cm³/mol. The molecule has 0 aliphatic heterocycles. The quantitative estimate of drug-likeness (QED) is 0.415. The Morgan fingerprint density at radius 2 is 1.80 bits per heavy atom. The number of benzene rings is 2. The first-order valence-corrected chi connectivity index (χ1v) is 10.1. The van der Waals surface area contributed by atoms with E-state index in [1.807, 2.05) is 55.5 Å². The van der Waals surface area contributed by atoms with Crippen molar-refractivity contribution < 1.29 is 9.53 Å². The van der Waals surface area contributed by atoms with Gasteiger partial charge < -0.3 is 9.64 Å². The number of rotatable bonds is 9. The van der Waals surface area contributed by atoms with Crippen LogP contribution in [0.5, 0.6) is 5.75 Å². The number of anilines is 1. The lowest BCUT2D eigenvalue weighted by Gasteiger charge is -2.20. The Hall–Kier alpha value is -3.61. The van der Waals surface area contributed by atoms with E-state index in [1.165, 1.54) is 5.69 Å². The molecule has 30 heavy (non-hydrogen) atoms. The Balaban J connectivity index is 1.59. The Bertz CT molecular complexity index is 974. The topological polar surface area (TPSA) is 82.6 Å². The molecule has 3 rings (SSSR count). The van der Waals surface area contributed by atoms with Gasteiger partial charge in [-0.2, -0.15) is 10.2 Å². The van der Waals surface area contributed by atoms with Crippen molar-refractivity contribution in [3.05, 3.63) is 65.9 Å². The monoisotopic (exact) mass is 405 g/mol. The Kier molecular flexibility index (Phi) is 7.21. The Morgan fingerprint density at radius 3 is 2.43 bits per heavy atom. The van der Waals surface area contributed by atoms with Crippen LogP contribution in [0, 0.1) is 0 Å². The van der Waals surface area contributed by atoms with Crippen LogP contribution in [0.3, 0.4) is 0 Å². The van der Waals surface area contributed by atoms with Gasteiger partial charge in [-0.3, -0.25) is 9.89 Å². The number of aromatic amines is 1. The van der Waals surface area contributed by atoms with E-state index in [2.05, 4.69) is 39.5 Å². The van der Waals surface area contributed by atoms with Crippen LogP contribution in [0.15, 0.2) is 59.7 Å². The molecule has 156 valence electrons. The number of aromatic nitrogens is 2. The van der Waals surface area contributed by atoms with Gasteiger partial charge in [0.25, 0.3) is 5.91 Å². The molecule has 7 nitrogen and oxygen atoms in total. The number of hydrogen-bond acceptors (Lipinski definition) is 5. The molecule has 0 aliphatic rings. The third-order valence-corrected chi connectivity index (χ3v) is 4.68. The molecule has 0 spiro atoms. The molecule has 0 radical (unpaired) electrons. The van der Waals surface area contributed by atoms with Gasteiger partial charge in [0.2, 0.25) is 0 Å². The van der Waals surface area contributed by atoms with Gasteiger partial charge in [-0.05, 0) is 68.8 Å². The first kappa shape index (κ1) is 21.1. The molecule has 0 unspecified atom stereocenters. The lowest BCUT2D eigenvalue weighted by Crippen LogP contribution is -2.21. The second-order valence-corrected chi connectivity index (χ2v) is 6.59. The van der Waals surface area contributed by atoms with E-state index in [0.29, 0.717) is 18.0 Å². The fraction of sp³-hybridized carbons (Fsp3) is 0.261. The SMILES string of the molecule is CCOc1ccc(-c2cc(C(=O)NN=Cc3ccc(N(CC)CC)cc3)[nH]n2)cc1. The molecule has 1 aromatic heterocycles. The van der Waals surface area contributed by atoms with Crippen LogP contribution < -0.4 is 15.1 Å². The molecule has 2 N–H and O–H groups in total. The van der Waals surface area contributed by atoms with E-state index in [1.54, 1.807) is 12.3 Å². The zero-order valence-corrected chi connectivity index (χ0v) is 17.6. The van der Waals surface area contributed by atoms with Gasteiger partial charge in [-0.15, -0.1) is 0 Å². The standard InChI is InChI=1S/C23H27N5O2/c1-4-28(5-2)19-11-7-17(8-12-19)16-24-27-23(29)22-15-21(25-26-22)18-9-13-20(14-10-18)30-6-3/h7-16H,4-6H2,1-3H3,(H,25,26)(H,27,29). The van der Waals surface area contributed by atoms with E-state index in [-0.39, 0.29) is 5.91 Å². The van der Waals surface area contributed by atoms with Crippen LogP contribution in [0.4, 0.5) is 5.69 Å². The predicted octanol–water partition coefficient (Wildman–Crippen LogP) is 4.09. The summed E-state index contributed by atoms with van der Waals surface area (Å²) in [6.45, 7) is 8.74. The maximum atomic E-state index is 12.3. The van der Waals surface area contributed by atoms with Gasteiger partial charge in [0.1, 0.15) is 11.4 Å². The molecule has 1 heterocycles. The third-order valence-electron chi connectivity index (χ3n) is 4.68. The zero-order valence-electron chi connectivity index (χ0n) is 17.6. The first-order chi connectivity index (χ1) is 14.6. The van der Waals surface area contributed by atoms with Crippen LogP contribution in [-0.2, 0) is 0 Å². The van der Waals surface area contributed by atoms with Crippen LogP contribution in [-0.4, -0.2) is 42.0 Å². The van der Waals surface area contributed by atoms with Crippen molar-refractivity contribution in [2.75, 3.05) is 24.6 Å². The number of hydrazone groups is 1. The van der Waals surface area contributed by atoms with Gasteiger partial charge in [-0.25, -0.2) is 5.43 Å². The van der Waals surface area contributed by atoms with Gasteiger partial charge in [0.15, 0.2) is 0 Å². The Morgan fingerprint density at radius 1 is 1.10 bits per heavy atom. The van der Waals surface area contributed by atoms with Crippen LogP contribution >= 0.6 is 0 Å². The molecule has 0 saturated heterocycles. The molecule has 0 aliphatic carbocycles. The highest BCUT2D eigenvalue weighted by atomic mass is 16.5. The lowest BCUT2D eigenvalue weighted by molar-refractivity contribution is 0.0950. The lowest BCUT2D eigenvalue weighted by atomic mass is 10.1. The van der Waals surface area contributed by atoms with Crippen molar-refractivity contribution in [3.63, 3.8) is 0 Å². The van der Waals surface area contributed by atoms with Crippen molar-refractivity contribution in [2.45, 2.75) is 20.8 Å². The summed E-state index contributed by atoms with van der Waals surface area (Å²) in [5.74, 6) is 0.449. The largest absolute Gasteiger partial charge is 0.494 e. The normalized spacial score (nSPS) is 10.9. The Labute approximate surface area is 176 Å². The summed E-state index contributed by atoms with van der Waals surface area (Å²) in [7, 11) is 0.